The van der Waals surface area contributed by atoms with E-state index in [0.29, 0.717) is 28.9 Å². The summed E-state index contributed by atoms with van der Waals surface area (Å²) in [6, 6.07) is 5.85. The molecule has 0 aliphatic rings. The summed E-state index contributed by atoms with van der Waals surface area (Å²) in [4.78, 5) is 12.5. The molecule has 3 aromatic heterocycles. The van der Waals surface area contributed by atoms with E-state index in [0.717, 1.165) is 22.0 Å². The highest BCUT2D eigenvalue weighted by molar-refractivity contribution is 7.09. The van der Waals surface area contributed by atoms with E-state index in [1.165, 1.54) is 17.5 Å². The Morgan fingerprint density at radius 3 is 2.94 bits per heavy atom. The summed E-state index contributed by atoms with van der Waals surface area (Å²) >= 11 is 7.74. The molecule has 7 nitrogen and oxygen atoms in total. The highest BCUT2D eigenvalue weighted by Gasteiger charge is 2.23. The number of hydrogen-bond donors (Lipinski definition) is 2. The van der Waals surface area contributed by atoms with Crippen molar-refractivity contribution in [3.05, 3.63) is 57.8 Å². The average Bonchev–Trinajstić information content (AvgIpc) is 3.41. The van der Waals surface area contributed by atoms with Gasteiger partial charge in [0.25, 0.3) is 0 Å². The number of aromatic nitrogens is 4. The van der Waals surface area contributed by atoms with Crippen LogP contribution in [0, 0.1) is 11.8 Å². The Morgan fingerprint density at radius 2 is 2.19 bits per heavy atom. The Bertz CT molecular complexity index is 1290. The van der Waals surface area contributed by atoms with Gasteiger partial charge in [-0.05, 0) is 25.1 Å². The van der Waals surface area contributed by atoms with Crippen LogP contribution in [0.25, 0.3) is 22.2 Å². The molecular formula is C22H20ClN5O2S. The van der Waals surface area contributed by atoms with E-state index in [1.807, 2.05) is 29.8 Å². The van der Waals surface area contributed by atoms with Crippen LogP contribution in [0.3, 0.4) is 0 Å². The van der Waals surface area contributed by atoms with Crippen molar-refractivity contribution in [2.75, 3.05) is 19.5 Å². The molecule has 0 saturated heterocycles. The van der Waals surface area contributed by atoms with Crippen LogP contribution in [0.2, 0.25) is 5.02 Å². The molecule has 3 N–H and O–H groups in total. The molecule has 0 fully saturated rings. The number of nitrogen functional groups attached to an aromatic ring is 1. The van der Waals surface area contributed by atoms with Crippen LogP contribution in [0.15, 0.2) is 42.2 Å². The molecule has 0 aliphatic carbocycles. The van der Waals surface area contributed by atoms with Gasteiger partial charge in [0.1, 0.15) is 5.01 Å². The molecule has 0 aliphatic heterocycles. The summed E-state index contributed by atoms with van der Waals surface area (Å²) in [6.45, 7) is 2.85. The Hall–Kier alpha value is -2.96. The molecule has 0 saturated carbocycles. The number of fused-ring (bicyclic) bond motifs is 1. The van der Waals surface area contributed by atoms with Gasteiger partial charge in [0.05, 0.1) is 23.5 Å². The fraction of sp³-hybridized carbons (Fsp3) is 0.227. The maximum absolute atomic E-state index is 10.7. The minimum absolute atomic E-state index is 0.146. The summed E-state index contributed by atoms with van der Waals surface area (Å²) in [5.74, 6) is 6.13. The van der Waals surface area contributed by atoms with Gasteiger partial charge in [-0.1, -0.05) is 23.4 Å². The molecule has 0 spiro atoms. The van der Waals surface area contributed by atoms with Gasteiger partial charge in [-0.25, -0.2) is 15.0 Å². The Kier molecular flexibility index (Phi) is 5.94. The third kappa shape index (κ3) is 4.40. The van der Waals surface area contributed by atoms with Crippen molar-refractivity contribution in [3.63, 3.8) is 0 Å². The minimum atomic E-state index is -1.33. The number of nitrogens with zero attached hydrogens (tertiary/aromatic N) is 4. The number of methoxy groups -OCH3 is 1. The third-order valence-corrected chi connectivity index (χ3v) is 5.99. The molecule has 1 aromatic carbocycles. The summed E-state index contributed by atoms with van der Waals surface area (Å²) in [5, 5.41) is 14.3. The highest BCUT2D eigenvalue weighted by Crippen LogP contribution is 2.34. The number of benzene rings is 1. The van der Waals surface area contributed by atoms with Gasteiger partial charge in [0, 0.05) is 53.5 Å². The smallest absolute Gasteiger partial charge is 0.220 e. The van der Waals surface area contributed by atoms with Crippen LogP contribution in [-0.4, -0.2) is 38.3 Å². The van der Waals surface area contributed by atoms with Crippen LogP contribution in [-0.2, 0) is 16.9 Å². The van der Waals surface area contributed by atoms with Crippen molar-refractivity contribution in [1.82, 2.24) is 19.5 Å². The standard InChI is InChI=1S/C22H20ClN5O2S/c1-22(29,20-25-7-10-31-20)6-5-14-3-4-18-15(11-14)16(13-28(18)8-9-30-2)19-17(23)12-26-21(24)27-19/h3-4,7,10-13,29H,8-9H2,1-2H3,(H2,24,26,27). The quantitative estimate of drug-likeness (QED) is 0.447. The van der Waals surface area contributed by atoms with E-state index in [4.69, 9.17) is 22.1 Å². The highest BCUT2D eigenvalue weighted by atomic mass is 35.5. The number of hydrogen-bond acceptors (Lipinski definition) is 7. The van der Waals surface area contributed by atoms with Crippen molar-refractivity contribution in [2.45, 2.75) is 19.1 Å². The van der Waals surface area contributed by atoms with Gasteiger partial charge in [-0.3, -0.25) is 0 Å². The second-order valence-corrected chi connectivity index (χ2v) is 8.35. The van der Waals surface area contributed by atoms with Crippen LogP contribution >= 0.6 is 22.9 Å². The maximum atomic E-state index is 10.7. The lowest BCUT2D eigenvalue weighted by atomic mass is 10.1. The zero-order valence-corrected chi connectivity index (χ0v) is 18.5. The van der Waals surface area contributed by atoms with Crippen molar-refractivity contribution >= 4 is 39.8 Å². The van der Waals surface area contributed by atoms with E-state index in [1.54, 1.807) is 20.2 Å². The van der Waals surface area contributed by atoms with Gasteiger partial charge in [0.15, 0.2) is 5.60 Å². The normalized spacial score (nSPS) is 13.0. The Balaban J connectivity index is 1.83. The summed E-state index contributed by atoms with van der Waals surface area (Å²) in [5.41, 5.74) is 7.57. The number of thiazole rings is 1. The average molecular weight is 454 g/mol. The zero-order valence-electron chi connectivity index (χ0n) is 17.0. The molecule has 0 bridgehead atoms. The molecule has 9 heteroatoms. The zero-order chi connectivity index (χ0) is 22.0. The van der Waals surface area contributed by atoms with Crippen molar-refractivity contribution in [1.29, 1.82) is 0 Å². The second-order valence-electron chi connectivity index (χ2n) is 7.05. The van der Waals surface area contributed by atoms with Gasteiger partial charge in [-0.2, -0.15) is 0 Å². The molecule has 0 amide bonds. The Morgan fingerprint density at radius 1 is 1.35 bits per heavy atom. The van der Waals surface area contributed by atoms with Gasteiger partial charge in [-0.15, -0.1) is 11.3 Å². The predicted molar refractivity (Wildman–Crippen MR) is 123 cm³/mol. The third-order valence-electron chi connectivity index (χ3n) is 4.73. The summed E-state index contributed by atoms with van der Waals surface area (Å²) in [6.07, 6.45) is 5.11. The van der Waals surface area contributed by atoms with Crippen molar-refractivity contribution in [2.24, 2.45) is 0 Å². The molecule has 1 unspecified atom stereocenters. The van der Waals surface area contributed by atoms with Crippen LogP contribution in [0.5, 0.6) is 0 Å². The molecule has 0 radical (unpaired) electrons. The van der Waals surface area contributed by atoms with Crippen molar-refractivity contribution < 1.29 is 9.84 Å². The SMILES string of the molecule is COCCn1cc(-c2nc(N)ncc2Cl)c2cc(C#CC(C)(O)c3nccs3)ccc21. The fourth-order valence-electron chi connectivity index (χ4n) is 3.22. The molecule has 31 heavy (non-hydrogen) atoms. The Labute approximate surface area is 188 Å². The first-order valence-electron chi connectivity index (χ1n) is 9.45. The monoisotopic (exact) mass is 453 g/mol. The lowest BCUT2D eigenvalue weighted by Crippen LogP contribution is -2.17. The fourth-order valence-corrected chi connectivity index (χ4v) is 4.06. The molecule has 3 heterocycles. The largest absolute Gasteiger partial charge is 0.383 e. The first kappa shape index (κ1) is 21.3. The maximum Gasteiger partial charge on any atom is 0.220 e. The van der Waals surface area contributed by atoms with Gasteiger partial charge >= 0.3 is 0 Å². The van der Waals surface area contributed by atoms with E-state index < -0.39 is 5.60 Å². The van der Waals surface area contributed by atoms with Gasteiger partial charge in [0.2, 0.25) is 5.95 Å². The van der Waals surface area contributed by atoms with Crippen molar-refractivity contribution in [3.8, 4) is 23.1 Å². The van der Waals surface area contributed by atoms with E-state index in [9.17, 15) is 5.11 Å². The minimum Gasteiger partial charge on any atom is -0.383 e. The van der Waals surface area contributed by atoms with Crippen LogP contribution < -0.4 is 5.73 Å². The number of ether oxygens (including phenoxy) is 1. The van der Waals surface area contributed by atoms with Crippen LogP contribution in [0.1, 0.15) is 17.5 Å². The first-order chi connectivity index (χ1) is 14.9. The molecule has 1 atom stereocenters. The summed E-state index contributed by atoms with van der Waals surface area (Å²) in [7, 11) is 1.66. The first-order valence-corrected chi connectivity index (χ1v) is 10.7. The second kappa shape index (κ2) is 8.65. The molecule has 158 valence electrons. The lowest BCUT2D eigenvalue weighted by molar-refractivity contribution is 0.122. The molecule has 4 rings (SSSR count). The van der Waals surface area contributed by atoms with E-state index >= 15 is 0 Å². The number of anilines is 1. The summed E-state index contributed by atoms with van der Waals surface area (Å²) < 4.78 is 7.32. The lowest BCUT2D eigenvalue weighted by Gasteiger charge is -2.11. The van der Waals surface area contributed by atoms with E-state index in [-0.39, 0.29) is 5.95 Å². The predicted octanol–water partition coefficient (Wildman–Crippen LogP) is 3.70. The number of halogens is 1. The van der Waals surface area contributed by atoms with Crippen LogP contribution in [0.4, 0.5) is 5.95 Å². The number of nitrogens with two attached hydrogens (primary N) is 1. The molecular weight excluding hydrogens is 434 g/mol. The number of aliphatic hydroxyl groups is 1. The van der Waals surface area contributed by atoms with E-state index in [2.05, 4.69) is 31.4 Å². The number of rotatable bonds is 5. The topological polar surface area (TPSA) is 99.1 Å². The molecule has 4 aromatic rings. The van der Waals surface area contributed by atoms with Gasteiger partial charge < -0.3 is 20.1 Å².